The van der Waals surface area contributed by atoms with Crippen LogP contribution in [-0.4, -0.2) is 28.6 Å². The zero-order valence-electron chi connectivity index (χ0n) is 18.1. The number of benzene rings is 3. The van der Waals surface area contributed by atoms with Crippen molar-refractivity contribution in [2.24, 2.45) is 0 Å². The number of rotatable bonds is 6. The van der Waals surface area contributed by atoms with Crippen molar-refractivity contribution in [3.8, 4) is 11.5 Å². The van der Waals surface area contributed by atoms with E-state index in [1.54, 1.807) is 41.3 Å². The van der Waals surface area contributed by atoms with Crippen LogP contribution in [0.3, 0.4) is 0 Å². The van der Waals surface area contributed by atoms with Gasteiger partial charge in [-0.1, -0.05) is 54.4 Å². The molecule has 2 atom stereocenters. The molecule has 0 spiro atoms. The number of nitrogens with zero attached hydrogens (tertiary/aromatic N) is 1. The van der Waals surface area contributed by atoms with Gasteiger partial charge in [-0.05, 0) is 66.9 Å². The number of hydrogen-bond acceptors (Lipinski definition) is 3. The molecule has 3 aromatic rings. The molecule has 2 unspecified atom stereocenters. The van der Waals surface area contributed by atoms with Crippen LogP contribution in [-0.2, 0) is 11.0 Å². The predicted octanol–water partition coefficient (Wildman–Crippen LogP) is 7.18. The molecule has 0 amide bonds. The molecule has 4 rings (SSSR count). The molecule has 0 aromatic heterocycles. The number of halogens is 4. The fraction of sp³-hybridized carbons (Fsp3) is 0.269. The summed E-state index contributed by atoms with van der Waals surface area (Å²) in [5.41, 5.74) is 0.0102. The molecule has 1 fully saturated rings. The van der Waals surface area contributed by atoms with Crippen LogP contribution in [0.25, 0.3) is 0 Å². The number of likely N-dealkylation sites (tertiary alicyclic amines) is 1. The zero-order valence-corrected chi connectivity index (χ0v) is 18.9. The molecule has 4 nitrogen and oxygen atoms in total. The van der Waals surface area contributed by atoms with Gasteiger partial charge in [-0.25, -0.2) is 0 Å². The minimum atomic E-state index is -4.63. The first kappa shape index (κ1) is 24.1. The van der Waals surface area contributed by atoms with Crippen LogP contribution in [0, 0.1) is 0 Å². The van der Waals surface area contributed by atoms with Crippen LogP contribution in [0.4, 0.5) is 13.2 Å². The van der Waals surface area contributed by atoms with E-state index in [0.717, 1.165) is 18.9 Å². The predicted molar refractivity (Wildman–Crippen MR) is 123 cm³/mol. The zero-order chi connectivity index (χ0) is 24.3. The van der Waals surface area contributed by atoms with E-state index in [-0.39, 0.29) is 0 Å². The summed E-state index contributed by atoms with van der Waals surface area (Å²) in [6.45, 7) is 0.440. The summed E-state index contributed by atoms with van der Waals surface area (Å²) in [6.07, 6.45) is -2.72. The number of carboxylic acid groups (broad SMARTS) is 1. The fourth-order valence-electron chi connectivity index (χ4n) is 4.41. The first-order valence-electron chi connectivity index (χ1n) is 10.9. The third-order valence-corrected chi connectivity index (χ3v) is 6.25. The minimum Gasteiger partial charge on any atom is -0.480 e. The lowest BCUT2D eigenvalue weighted by atomic mass is 9.90. The smallest absolute Gasteiger partial charge is 0.417 e. The lowest BCUT2D eigenvalue weighted by Crippen LogP contribution is -2.46. The first-order chi connectivity index (χ1) is 16.2. The van der Waals surface area contributed by atoms with E-state index in [1.165, 1.54) is 12.1 Å². The second-order valence-electron chi connectivity index (χ2n) is 8.21. The fourth-order valence-corrected chi connectivity index (χ4v) is 4.63. The lowest BCUT2D eigenvalue weighted by Gasteiger charge is -2.40. The van der Waals surface area contributed by atoms with Crippen molar-refractivity contribution < 1.29 is 27.8 Å². The highest BCUT2D eigenvalue weighted by Gasteiger charge is 2.38. The Bertz CT molecular complexity index is 1150. The number of ether oxygens (including phenoxy) is 1. The van der Waals surface area contributed by atoms with Crippen LogP contribution in [0.2, 0.25) is 5.02 Å². The molecule has 0 bridgehead atoms. The molecular weight excluding hydrogens is 467 g/mol. The van der Waals surface area contributed by atoms with Gasteiger partial charge in [0, 0.05) is 0 Å². The highest BCUT2D eigenvalue weighted by Crippen LogP contribution is 2.41. The molecule has 0 saturated carbocycles. The summed E-state index contributed by atoms with van der Waals surface area (Å²) >= 11 is 5.86. The molecule has 0 radical (unpaired) electrons. The van der Waals surface area contributed by atoms with Gasteiger partial charge in [0.05, 0.1) is 16.6 Å². The van der Waals surface area contributed by atoms with Crippen molar-refractivity contribution in [2.75, 3.05) is 6.54 Å². The summed E-state index contributed by atoms with van der Waals surface area (Å²) in [4.78, 5) is 13.8. The third kappa shape index (κ3) is 5.37. The Kier molecular flexibility index (Phi) is 7.14. The number of aliphatic carboxylic acids is 1. The summed E-state index contributed by atoms with van der Waals surface area (Å²) in [7, 11) is 0. The van der Waals surface area contributed by atoms with Gasteiger partial charge in [0.25, 0.3) is 0 Å². The second-order valence-corrected chi connectivity index (χ2v) is 8.62. The van der Waals surface area contributed by atoms with Crippen molar-refractivity contribution in [2.45, 2.75) is 37.5 Å². The standard InChI is InChI=1S/C26H23ClF3NO3/c27-22-13-12-18(16-21(22)26(28,29)30)24(31-14-5-4-11-23(31)25(32)33)17-7-6-10-20(15-17)34-19-8-2-1-3-9-19/h1-3,6-10,12-13,15-16,23-24H,4-5,11,14H2,(H,32,33). The van der Waals surface area contributed by atoms with Crippen molar-refractivity contribution >= 4 is 17.6 Å². The van der Waals surface area contributed by atoms with Crippen LogP contribution >= 0.6 is 11.6 Å². The van der Waals surface area contributed by atoms with Gasteiger partial charge >= 0.3 is 12.1 Å². The van der Waals surface area contributed by atoms with E-state index in [2.05, 4.69) is 0 Å². The maximum atomic E-state index is 13.6. The number of alkyl halides is 3. The summed E-state index contributed by atoms with van der Waals surface area (Å²) in [6, 6.07) is 18.4. The normalized spacial score (nSPS) is 17.8. The Labute approximate surface area is 200 Å². The molecule has 0 aliphatic carbocycles. The Morgan fingerprint density at radius 2 is 1.68 bits per heavy atom. The quantitative estimate of drug-likeness (QED) is 0.398. The SMILES string of the molecule is O=C(O)C1CCCCN1C(c1cccc(Oc2ccccc2)c1)c1ccc(Cl)c(C(F)(F)F)c1. The summed E-state index contributed by atoms with van der Waals surface area (Å²) in [5.74, 6) is 0.123. The van der Waals surface area contributed by atoms with E-state index in [0.29, 0.717) is 35.6 Å². The molecular formula is C26H23ClF3NO3. The number of carboxylic acids is 1. The van der Waals surface area contributed by atoms with Gasteiger partial charge in [0.1, 0.15) is 17.5 Å². The topological polar surface area (TPSA) is 49.8 Å². The Balaban J connectivity index is 1.81. The van der Waals surface area contributed by atoms with Crippen LogP contribution < -0.4 is 4.74 Å². The van der Waals surface area contributed by atoms with Gasteiger partial charge in [0.15, 0.2) is 0 Å². The maximum Gasteiger partial charge on any atom is 0.417 e. The summed E-state index contributed by atoms with van der Waals surface area (Å²) < 4.78 is 46.8. The molecule has 3 aromatic carbocycles. The van der Waals surface area contributed by atoms with Gasteiger partial charge in [-0.15, -0.1) is 0 Å². The first-order valence-corrected chi connectivity index (χ1v) is 11.3. The Morgan fingerprint density at radius 3 is 2.38 bits per heavy atom. The average molecular weight is 490 g/mol. The molecule has 1 N–H and O–H groups in total. The highest BCUT2D eigenvalue weighted by atomic mass is 35.5. The molecule has 178 valence electrons. The van der Waals surface area contributed by atoms with E-state index in [9.17, 15) is 23.1 Å². The second kappa shape index (κ2) is 10.1. The van der Waals surface area contributed by atoms with Gasteiger partial charge in [-0.2, -0.15) is 13.2 Å². The average Bonchev–Trinajstić information content (AvgIpc) is 2.81. The molecule has 1 heterocycles. The summed E-state index contributed by atoms with van der Waals surface area (Å²) in [5, 5.41) is 9.46. The van der Waals surface area contributed by atoms with Gasteiger partial charge < -0.3 is 9.84 Å². The van der Waals surface area contributed by atoms with Gasteiger partial charge in [-0.3, -0.25) is 9.69 Å². The highest BCUT2D eigenvalue weighted by molar-refractivity contribution is 6.31. The number of piperidine rings is 1. The Morgan fingerprint density at radius 1 is 0.971 bits per heavy atom. The number of hydrogen-bond donors (Lipinski definition) is 1. The van der Waals surface area contributed by atoms with Crippen molar-refractivity contribution in [3.63, 3.8) is 0 Å². The van der Waals surface area contributed by atoms with Gasteiger partial charge in [0.2, 0.25) is 0 Å². The molecule has 1 aliphatic heterocycles. The largest absolute Gasteiger partial charge is 0.480 e. The van der Waals surface area contributed by atoms with Crippen molar-refractivity contribution in [1.29, 1.82) is 0 Å². The van der Waals surface area contributed by atoms with Crippen LogP contribution in [0.15, 0.2) is 72.8 Å². The van der Waals surface area contributed by atoms with Crippen molar-refractivity contribution in [3.05, 3.63) is 94.5 Å². The molecule has 34 heavy (non-hydrogen) atoms. The lowest BCUT2D eigenvalue weighted by molar-refractivity contribution is -0.145. The van der Waals surface area contributed by atoms with E-state index >= 15 is 0 Å². The minimum absolute atomic E-state index is 0.321. The third-order valence-electron chi connectivity index (χ3n) is 5.93. The van der Waals surface area contributed by atoms with E-state index in [1.807, 2.05) is 18.2 Å². The van der Waals surface area contributed by atoms with E-state index in [4.69, 9.17) is 16.3 Å². The molecule has 1 aliphatic rings. The van der Waals surface area contributed by atoms with E-state index < -0.39 is 34.8 Å². The maximum absolute atomic E-state index is 13.6. The van der Waals surface area contributed by atoms with Crippen LogP contribution in [0.5, 0.6) is 11.5 Å². The monoisotopic (exact) mass is 489 g/mol. The number of carbonyl (C=O) groups is 1. The van der Waals surface area contributed by atoms with Crippen LogP contribution in [0.1, 0.15) is 42.0 Å². The Hall–Kier alpha value is -3.03. The molecule has 8 heteroatoms. The number of para-hydroxylation sites is 1. The van der Waals surface area contributed by atoms with Crippen molar-refractivity contribution in [1.82, 2.24) is 4.90 Å². The molecule has 1 saturated heterocycles.